The van der Waals surface area contributed by atoms with Gasteiger partial charge < -0.3 is 15.1 Å². The van der Waals surface area contributed by atoms with Crippen molar-refractivity contribution >= 4 is 29.2 Å². The Bertz CT molecular complexity index is 1170. The monoisotopic (exact) mass is 473 g/mol. The molecule has 1 unspecified atom stereocenters. The maximum atomic E-state index is 14.3. The molecule has 10 nitrogen and oxygen atoms in total. The van der Waals surface area contributed by atoms with Crippen LogP contribution in [0.4, 0.5) is 25.0 Å². The minimum absolute atomic E-state index is 0.0174. The second-order valence-electron chi connectivity index (χ2n) is 8.21. The van der Waals surface area contributed by atoms with Gasteiger partial charge in [0.25, 0.3) is 11.6 Å². The second-order valence-corrected chi connectivity index (χ2v) is 8.21. The lowest BCUT2D eigenvalue weighted by molar-refractivity contribution is -0.384. The predicted octanol–water partition coefficient (Wildman–Crippen LogP) is 1.99. The molecule has 1 N–H and O–H groups in total. The van der Waals surface area contributed by atoms with Gasteiger partial charge in [0.2, 0.25) is 5.91 Å². The van der Waals surface area contributed by atoms with Crippen LogP contribution in [-0.4, -0.2) is 65.3 Å². The molecule has 2 aliphatic heterocycles. The normalized spacial score (nSPS) is 20.5. The molecule has 2 aliphatic rings. The van der Waals surface area contributed by atoms with Crippen molar-refractivity contribution in [2.45, 2.75) is 12.5 Å². The van der Waals surface area contributed by atoms with Crippen molar-refractivity contribution in [2.75, 3.05) is 37.6 Å². The zero-order valence-corrected chi connectivity index (χ0v) is 18.2. The number of hydrogen-bond acceptors (Lipinski definition) is 6. The van der Waals surface area contributed by atoms with Gasteiger partial charge in [0.15, 0.2) is 0 Å². The Labute approximate surface area is 192 Å². The summed E-state index contributed by atoms with van der Waals surface area (Å²) in [6.45, 7) is 2.27. The van der Waals surface area contributed by atoms with Gasteiger partial charge in [0.1, 0.15) is 23.7 Å². The van der Waals surface area contributed by atoms with E-state index in [9.17, 15) is 33.3 Å². The molecule has 2 saturated heterocycles. The molecule has 2 aromatic rings. The number of rotatable bonds is 5. The lowest BCUT2D eigenvalue weighted by atomic mass is 9.91. The maximum absolute atomic E-state index is 14.3. The highest BCUT2D eigenvalue weighted by molar-refractivity contribution is 6.09. The number of imide groups is 1. The molecule has 0 bridgehead atoms. The molecule has 2 heterocycles. The van der Waals surface area contributed by atoms with Crippen molar-refractivity contribution in [1.82, 2.24) is 15.1 Å². The number of nitrogens with one attached hydrogen (secondary N) is 1. The van der Waals surface area contributed by atoms with E-state index in [-0.39, 0.29) is 11.3 Å². The number of carbonyl (C=O) groups excluding carboxylic acids is 3. The van der Waals surface area contributed by atoms with Crippen LogP contribution >= 0.6 is 0 Å². The molecule has 4 rings (SSSR count). The maximum Gasteiger partial charge on any atom is 0.325 e. The Hall–Kier alpha value is -4.09. The quantitative estimate of drug-likeness (QED) is 0.403. The third kappa shape index (κ3) is 4.14. The van der Waals surface area contributed by atoms with Crippen molar-refractivity contribution in [3.8, 4) is 0 Å². The fourth-order valence-electron chi connectivity index (χ4n) is 4.14. The van der Waals surface area contributed by atoms with Gasteiger partial charge in [-0.1, -0.05) is 0 Å². The number of benzene rings is 2. The third-order valence-electron chi connectivity index (χ3n) is 6.09. The van der Waals surface area contributed by atoms with Crippen LogP contribution in [0.5, 0.6) is 0 Å². The number of nitro benzene ring substituents is 1. The van der Waals surface area contributed by atoms with E-state index in [2.05, 4.69) is 5.32 Å². The summed E-state index contributed by atoms with van der Waals surface area (Å²) in [5, 5.41) is 13.2. The predicted molar refractivity (Wildman–Crippen MR) is 116 cm³/mol. The van der Waals surface area contributed by atoms with Crippen LogP contribution in [-0.2, 0) is 15.1 Å². The summed E-state index contributed by atoms with van der Waals surface area (Å²) in [7, 11) is 0. The summed E-state index contributed by atoms with van der Waals surface area (Å²) in [6.07, 6.45) is 0. The van der Waals surface area contributed by atoms with Crippen LogP contribution in [0, 0.1) is 21.7 Å². The molecule has 34 heavy (non-hydrogen) atoms. The number of carbonyl (C=O) groups is 3. The van der Waals surface area contributed by atoms with Gasteiger partial charge in [-0.25, -0.2) is 13.6 Å². The number of nitro groups is 1. The first kappa shape index (κ1) is 23.1. The summed E-state index contributed by atoms with van der Waals surface area (Å²) >= 11 is 0. The second kappa shape index (κ2) is 8.69. The van der Waals surface area contributed by atoms with E-state index >= 15 is 0 Å². The highest BCUT2D eigenvalue weighted by Gasteiger charge is 2.51. The van der Waals surface area contributed by atoms with Crippen LogP contribution in [0.1, 0.15) is 12.5 Å². The number of non-ortho nitro benzene ring substituents is 1. The van der Waals surface area contributed by atoms with Crippen LogP contribution in [0.2, 0.25) is 0 Å². The minimum atomic E-state index is -1.84. The highest BCUT2D eigenvalue weighted by Crippen LogP contribution is 2.31. The van der Waals surface area contributed by atoms with E-state index in [0.717, 1.165) is 23.9 Å². The number of halogens is 2. The van der Waals surface area contributed by atoms with Crippen molar-refractivity contribution in [3.05, 3.63) is 69.8 Å². The molecule has 2 aromatic carbocycles. The number of nitrogens with zero attached hydrogens (tertiary/aromatic N) is 4. The Morgan fingerprint density at radius 2 is 1.74 bits per heavy atom. The topological polar surface area (TPSA) is 116 Å². The number of urea groups is 1. The standard InChI is InChI=1S/C22H21F2N5O5/c1-22(17-12-14(23)2-7-18(17)24)20(31)28(21(32)25-22)13-19(30)27-10-8-26(9-11-27)15-3-5-16(6-4-15)29(33)34/h2-7,12H,8-11,13H2,1H3,(H,25,32). The average Bonchev–Trinajstić information content (AvgIpc) is 3.04. The van der Waals surface area contributed by atoms with Gasteiger partial charge in [0.05, 0.1) is 4.92 Å². The third-order valence-corrected chi connectivity index (χ3v) is 6.09. The van der Waals surface area contributed by atoms with Crippen LogP contribution in [0.15, 0.2) is 42.5 Å². The summed E-state index contributed by atoms with van der Waals surface area (Å²) in [6, 6.07) is 7.83. The Morgan fingerprint density at radius 1 is 1.09 bits per heavy atom. The molecule has 0 aliphatic carbocycles. The fraction of sp³-hybridized carbons (Fsp3) is 0.318. The Balaban J connectivity index is 1.39. The summed E-state index contributed by atoms with van der Waals surface area (Å²) < 4.78 is 27.9. The average molecular weight is 473 g/mol. The van der Waals surface area contributed by atoms with E-state index in [1.807, 2.05) is 4.90 Å². The van der Waals surface area contributed by atoms with Gasteiger partial charge in [-0.2, -0.15) is 0 Å². The first-order valence-electron chi connectivity index (χ1n) is 10.5. The van der Waals surface area contributed by atoms with Gasteiger partial charge >= 0.3 is 6.03 Å². The smallest absolute Gasteiger partial charge is 0.325 e. The van der Waals surface area contributed by atoms with Gasteiger partial charge in [-0.15, -0.1) is 0 Å². The first-order chi connectivity index (χ1) is 16.1. The van der Waals surface area contributed by atoms with Crippen molar-refractivity contribution < 1.29 is 28.1 Å². The van der Waals surface area contributed by atoms with E-state index in [0.29, 0.717) is 31.1 Å². The van der Waals surface area contributed by atoms with E-state index < -0.39 is 46.5 Å². The Morgan fingerprint density at radius 3 is 2.35 bits per heavy atom. The van der Waals surface area contributed by atoms with Crippen molar-refractivity contribution in [1.29, 1.82) is 0 Å². The van der Waals surface area contributed by atoms with Gasteiger partial charge in [-0.05, 0) is 37.3 Å². The first-order valence-corrected chi connectivity index (χ1v) is 10.5. The molecule has 4 amide bonds. The molecular weight excluding hydrogens is 452 g/mol. The lowest BCUT2D eigenvalue weighted by Gasteiger charge is -2.36. The minimum Gasteiger partial charge on any atom is -0.368 e. The van der Waals surface area contributed by atoms with Gasteiger partial charge in [-0.3, -0.25) is 24.6 Å². The molecule has 0 radical (unpaired) electrons. The SMILES string of the molecule is CC1(c2cc(F)ccc2F)NC(=O)N(CC(=O)N2CCN(c3ccc([N+](=O)[O-])cc3)CC2)C1=O. The largest absolute Gasteiger partial charge is 0.368 e. The Kier molecular flexibility index (Phi) is 5.90. The van der Waals surface area contributed by atoms with Crippen molar-refractivity contribution in [3.63, 3.8) is 0 Å². The lowest BCUT2D eigenvalue weighted by Crippen LogP contribution is -2.52. The van der Waals surface area contributed by atoms with Crippen molar-refractivity contribution in [2.24, 2.45) is 0 Å². The van der Waals surface area contributed by atoms with E-state index in [4.69, 9.17) is 0 Å². The van der Waals surface area contributed by atoms with E-state index in [1.54, 1.807) is 12.1 Å². The molecule has 0 saturated carbocycles. The molecule has 0 spiro atoms. The molecule has 12 heteroatoms. The van der Waals surface area contributed by atoms with Crippen LogP contribution < -0.4 is 10.2 Å². The van der Waals surface area contributed by atoms with Crippen LogP contribution in [0.3, 0.4) is 0 Å². The van der Waals surface area contributed by atoms with Gasteiger partial charge in [0, 0.05) is 49.6 Å². The summed E-state index contributed by atoms with van der Waals surface area (Å²) in [5.41, 5.74) is -1.40. The fourth-order valence-corrected chi connectivity index (χ4v) is 4.14. The summed E-state index contributed by atoms with van der Waals surface area (Å²) in [5.74, 6) is -2.93. The summed E-state index contributed by atoms with van der Waals surface area (Å²) in [4.78, 5) is 52.7. The number of anilines is 1. The molecule has 178 valence electrons. The number of piperazine rings is 1. The molecule has 0 aromatic heterocycles. The molecular formula is C22H21F2N5O5. The van der Waals surface area contributed by atoms with Crippen LogP contribution in [0.25, 0.3) is 0 Å². The zero-order valence-electron chi connectivity index (χ0n) is 18.2. The molecule has 1 atom stereocenters. The number of hydrogen-bond donors (Lipinski definition) is 1. The molecule has 2 fully saturated rings. The highest BCUT2D eigenvalue weighted by atomic mass is 19.1. The zero-order chi connectivity index (χ0) is 24.6. The number of amides is 4. The van der Waals surface area contributed by atoms with E-state index in [1.165, 1.54) is 24.0 Å².